The highest BCUT2D eigenvalue weighted by molar-refractivity contribution is 5.79. The Morgan fingerprint density at radius 1 is 1.40 bits per heavy atom. The highest BCUT2D eigenvalue weighted by atomic mass is 16.3. The standard InChI is InChI=1S/C18H30N6O/c1-13(8-10-18(2,3)4)21-17(19-5)20-11-9-15-22-16(24-23-15)14-7-6-12-25-14/h6-7,12-13H,8-11H2,1-5H3,(H2,19,20,21)(H,22,23,24). The van der Waals surface area contributed by atoms with Gasteiger partial charge in [-0.25, -0.2) is 4.98 Å². The number of guanidine groups is 1. The van der Waals surface area contributed by atoms with Crippen molar-refractivity contribution in [1.82, 2.24) is 25.8 Å². The molecule has 2 aromatic rings. The maximum absolute atomic E-state index is 5.29. The van der Waals surface area contributed by atoms with Crippen molar-refractivity contribution in [3.63, 3.8) is 0 Å². The van der Waals surface area contributed by atoms with Crippen molar-refractivity contribution >= 4 is 5.96 Å². The number of aliphatic imine (C=N–C) groups is 1. The van der Waals surface area contributed by atoms with Gasteiger partial charge in [0, 0.05) is 26.1 Å². The van der Waals surface area contributed by atoms with Crippen LogP contribution in [0.25, 0.3) is 11.6 Å². The summed E-state index contributed by atoms with van der Waals surface area (Å²) in [6.07, 6.45) is 4.62. The van der Waals surface area contributed by atoms with Crippen LogP contribution in [0.15, 0.2) is 27.8 Å². The first-order valence-electron chi connectivity index (χ1n) is 8.80. The van der Waals surface area contributed by atoms with Gasteiger partial charge >= 0.3 is 0 Å². The van der Waals surface area contributed by atoms with Gasteiger partial charge in [0.05, 0.1) is 6.26 Å². The molecule has 25 heavy (non-hydrogen) atoms. The maximum Gasteiger partial charge on any atom is 0.216 e. The third-order valence-electron chi connectivity index (χ3n) is 3.86. The zero-order chi connectivity index (χ0) is 18.3. The fraction of sp³-hybridized carbons (Fsp3) is 0.611. The summed E-state index contributed by atoms with van der Waals surface area (Å²) in [6, 6.07) is 4.04. The van der Waals surface area contributed by atoms with Gasteiger partial charge in [-0.15, -0.1) is 0 Å². The Bertz CT molecular complexity index is 653. The summed E-state index contributed by atoms with van der Waals surface area (Å²) in [6.45, 7) is 9.70. The molecule has 2 rings (SSSR count). The van der Waals surface area contributed by atoms with Crippen LogP contribution in [0.5, 0.6) is 0 Å². The van der Waals surface area contributed by atoms with Crippen LogP contribution in [-0.2, 0) is 6.42 Å². The van der Waals surface area contributed by atoms with Crippen LogP contribution in [0.3, 0.4) is 0 Å². The van der Waals surface area contributed by atoms with E-state index in [9.17, 15) is 0 Å². The van der Waals surface area contributed by atoms with Gasteiger partial charge in [0.1, 0.15) is 5.82 Å². The van der Waals surface area contributed by atoms with Crippen LogP contribution in [-0.4, -0.2) is 40.8 Å². The zero-order valence-electron chi connectivity index (χ0n) is 15.9. The van der Waals surface area contributed by atoms with Gasteiger partial charge in [-0.3, -0.25) is 10.1 Å². The first kappa shape index (κ1) is 19.0. The van der Waals surface area contributed by atoms with Crippen LogP contribution < -0.4 is 10.6 Å². The molecule has 2 aromatic heterocycles. The molecule has 0 fully saturated rings. The first-order valence-corrected chi connectivity index (χ1v) is 8.80. The van der Waals surface area contributed by atoms with Crippen LogP contribution in [0.1, 0.15) is 46.4 Å². The van der Waals surface area contributed by atoms with E-state index in [0.29, 0.717) is 23.0 Å². The van der Waals surface area contributed by atoms with Gasteiger partial charge in [-0.05, 0) is 37.3 Å². The third-order valence-corrected chi connectivity index (χ3v) is 3.86. The molecule has 3 N–H and O–H groups in total. The van der Waals surface area contributed by atoms with Crippen LogP contribution >= 0.6 is 0 Å². The molecular formula is C18H30N6O. The van der Waals surface area contributed by atoms with E-state index in [-0.39, 0.29) is 0 Å². The lowest BCUT2D eigenvalue weighted by Gasteiger charge is -2.23. The Morgan fingerprint density at radius 2 is 2.20 bits per heavy atom. The number of rotatable bonds is 7. The van der Waals surface area contributed by atoms with E-state index >= 15 is 0 Å². The maximum atomic E-state index is 5.29. The summed E-state index contributed by atoms with van der Waals surface area (Å²) >= 11 is 0. The number of aromatic amines is 1. The third kappa shape index (κ3) is 6.60. The van der Waals surface area contributed by atoms with E-state index < -0.39 is 0 Å². The summed E-state index contributed by atoms with van der Waals surface area (Å²) < 4.78 is 5.29. The quantitative estimate of drug-likeness (QED) is 0.529. The Hall–Kier alpha value is -2.31. The van der Waals surface area contributed by atoms with Crippen molar-refractivity contribution in [1.29, 1.82) is 0 Å². The van der Waals surface area contributed by atoms with Gasteiger partial charge < -0.3 is 15.1 Å². The topological polar surface area (TPSA) is 91.1 Å². The second-order valence-electron chi connectivity index (χ2n) is 7.48. The van der Waals surface area contributed by atoms with Crippen LogP contribution in [0, 0.1) is 5.41 Å². The lowest BCUT2D eigenvalue weighted by Crippen LogP contribution is -2.43. The Labute approximate surface area is 149 Å². The summed E-state index contributed by atoms with van der Waals surface area (Å²) in [5.41, 5.74) is 0.352. The van der Waals surface area contributed by atoms with Crippen molar-refractivity contribution in [3.8, 4) is 11.6 Å². The van der Waals surface area contributed by atoms with E-state index in [1.807, 2.05) is 12.1 Å². The van der Waals surface area contributed by atoms with E-state index in [4.69, 9.17) is 4.42 Å². The normalized spacial score (nSPS) is 13.7. The van der Waals surface area contributed by atoms with Gasteiger partial charge in [0.15, 0.2) is 11.7 Å². The van der Waals surface area contributed by atoms with Crippen molar-refractivity contribution < 1.29 is 4.42 Å². The molecule has 2 heterocycles. The Balaban J connectivity index is 1.74. The largest absolute Gasteiger partial charge is 0.461 e. The molecule has 0 saturated carbocycles. The fourth-order valence-corrected chi connectivity index (χ4v) is 2.37. The molecule has 1 atom stereocenters. The van der Waals surface area contributed by atoms with E-state index in [1.165, 1.54) is 6.42 Å². The SMILES string of the molecule is CN=C(NCCc1nc(-c2ccco2)n[nH]1)NC(C)CCC(C)(C)C. The number of nitrogens with one attached hydrogen (secondary N) is 3. The minimum atomic E-state index is 0.352. The lowest BCUT2D eigenvalue weighted by atomic mass is 9.89. The molecule has 0 aromatic carbocycles. The predicted molar refractivity (Wildman–Crippen MR) is 100 cm³/mol. The van der Waals surface area contributed by atoms with Crippen molar-refractivity contribution in [2.45, 2.75) is 53.0 Å². The molecular weight excluding hydrogens is 316 g/mol. The first-order chi connectivity index (χ1) is 11.9. The minimum absolute atomic E-state index is 0.352. The highest BCUT2D eigenvalue weighted by Gasteiger charge is 2.13. The average molecular weight is 346 g/mol. The zero-order valence-corrected chi connectivity index (χ0v) is 15.9. The molecule has 7 nitrogen and oxygen atoms in total. The molecule has 0 aliphatic heterocycles. The average Bonchev–Trinajstić information content (AvgIpc) is 3.22. The molecule has 1 unspecified atom stereocenters. The smallest absolute Gasteiger partial charge is 0.216 e. The number of nitrogens with zero attached hydrogens (tertiary/aromatic N) is 3. The number of hydrogen-bond donors (Lipinski definition) is 3. The molecule has 0 radical (unpaired) electrons. The van der Waals surface area contributed by atoms with E-state index in [0.717, 1.165) is 31.2 Å². The molecule has 0 bridgehead atoms. The summed E-state index contributed by atoms with van der Waals surface area (Å²) in [7, 11) is 1.79. The molecule has 0 aliphatic carbocycles. The lowest BCUT2D eigenvalue weighted by molar-refractivity contribution is 0.346. The summed E-state index contributed by atoms with van der Waals surface area (Å²) in [5.74, 6) is 2.88. The van der Waals surface area contributed by atoms with Crippen LogP contribution in [0.4, 0.5) is 0 Å². The van der Waals surface area contributed by atoms with Crippen LogP contribution in [0.2, 0.25) is 0 Å². The molecule has 7 heteroatoms. The van der Waals surface area contributed by atoms with Gasteiger partial charge in [-0.2, -0.15) is 5.10 Å². The number of H-pyrrole nitrogens is 1. The Morgan fingerprint density at radius 3 is 2.84 bits per heavy atom. The second-order valence-corrected chi connectivity index (χ2v) is 7.48. The molecule has 0 spiro atoms. The summed E-state index contributed by atoms with van der Waals surface area (Å²) in [5, 5.41) is 13.9. The number of furan rings is 1. The van der Waals surface area contributed by atoms with Crippen molar-refractivity contribution in [3.05, 3.63) is 24.2 Å². The number of aromatic nitrogens is 3. The van der Waals surface area contributed by atoms with Gasteiger partial charge in [0.2, 0.25) is 5.82 Å². The fourth-order valence-electron chi connectivity index (χ4n) is 2.37. The Kier molecular flexibility index (Phi) is 6.61. The molecule has 0 saturated heterocycles. The van der Waals surface area contributed by atoms with Crippen molar-refractivity contribution in [2.24, 2.45) is 10.4 Å². The molecule has 0 aliphatic rings. The van der Waals surface area contributed by atoms with E-state index in [2.05, 4.69) is 58.5 Å². The molecule has 138 valence electrons. The van der Waals surface area contributed by atoms with Gasteiger partial charge in [0.25, 0.3) is 0 Å². The predicted octanol–water partition coefficient (Wildman–Crippen LogP) is 2.99. The van der Waals surface area contributed by atoms with Crippen molar-refractivity contribution in [2.75, 3.05) is 13.6 Å². The molecule has 0 amide bonds. The number of hydrogen-bond acceptors (Lipinski definition) is 4. The second kappa shape index (κ2) is 8.69. The van der Waals surface area contributed by atoms with Gasteiger partial charge in [-0.1, -0.05) is 20.8 Å². The summed E-state index contributed by atoms with van der Waals surface area (Å²) in [4.78, 5) is 8.71. The highest BCUT2D eigenvalue weighted by Crippen LogP contribution is 2.21. The minimum Gasteiger partial charge on any atom is -0.461 e. The van der Waals surface area contributed by atoms with E-state index in [1.54, 1.807) is 13.3 Å². The monoisotopic (exact) mass is 346 g/mol.